The number of hydrogen-bond acceptors (Lipinski definition) is 6. The number of thiophene rings is 1. The molecule has 0 saturated carbocycles. The van der Waals surface area contributed by atoms with Crippen molar-refractivity contribution in [3.8, 4) is 0 Å². The fourth-order valence-corrected chi connectivity index (χ4v) is 3.17. The average Bonchev–Trinajstić information content (AvgIpc) is 3.05. The number of nitrogens with zero attached hydrogens (tertiary/aromatic N) is 3. The Balaban J connectivity index is 1.71. The lowest BCUT2D eigenvalue weighted by Crippen LogP contribution is -2.23. The molecule has 0 radical (unpaired) electrons. The second-order valence-electron chi connectivity index (χ2n) is 5.39. The molecule has 8 nitrogen and oxygen atoms in total. The topological polar surface area (TPSA) is 107 Å². The van der Waals surface area contributed by atoms with E-state index in [4.69, 9.17) is 0 Å². The van der Waals surface area contributed by atoms with Gasteiger partial charge in [0.2, 0.25) is 5.91 Å². The Hall–Kier alpha value is -3.07. The third kappa shape index (κ3) is 3.41. The molecule has 9 heteroatoms. The van der Waals surface area contributed by atoms with Crippen LogP contribution < -0.4 is 10.9 Å². The van der Waals surface area contributed by atoms with Gasteiger partial charge in [0, 0.05) is 19.0 Å². The van der Waals surface area contributed by atoms with Crippen LogP contribution in [0.3, 0.4) is 0 Å². The molecule has 0 spiro atoms. The van der Waals surface area contributed by atoms with E-state index in [1.165, 1.54) is 34.4 Å². The molecule has 0 saturated heterocycles. The first-order chi connectivity index (χ1) is 12.0. The second kappa shape index (κ2) is 6.81. The van der Waals surface area contributed by atoms with Gasteiger partial charge in [-0.2, -0.15) is 0 Å². The summed E-state index contributed by atoms with van der Waals surface area (Å²) < 4.78 is 1.38. The summed E-state index contributed by atoms with van der Waals surface area (Å²) in [5.74, 6) is -0.332. The molecule has 0 aliphatic rings. The summed E-state index contributed by atoms with van der Waals surface area (Å²) >= 11 is 1.38. The molecule has 128 valence electrons. The van der Waals surface area contributed by atoms with Crippen molar-refractivity contribution in [2.24, 2.45) is 0 Å². The molecule has 2 heterocycles. The van der Waals surface area contributed by atoms with Gasteiger partial charge >= 0.3 is 0 Å². The van der Waals surface area contributed by atoms with Gasteiger partial charge in [-0.3, -0.25) is 24.3 Å². The Morgan fingerprint density at radius 1 is 1.40 bits per heavy atom. The van der Waals surface area contributed by atoms with E-state index in [2.05, 4.69) is 10.3 Å². The number of aromatic nitrogens is 2. The standard InChI is InChI=1S/C16H14N4O4S/c1-10-12(3-2-4-13(10)20(23)24)18-14(21)5-7-19-9-17-15-11(16(19)22)6-8-25-15/h2-4,6,8-9H,5,7H2,1H3,(H,18,21). The summed E-state index contributed by atoms with van der Waals surface area (Å²) in [4.78, 5) is 39.7. The number of fused-ring (bicyclic) bond motifs is 1. The molecular formula is C16H14N4O4S. The maximum atomic E-state index is 12.3. The molecule has 3 rings (SSSR count). The van der Waals surface area contributed by atoms with Gasteiger partial charge in [0.1, 0.15) is 4.83 Å². The second-order valence-corrected chi connectivity index (χ2v) is 6.28. The molecule has 1 amide bonds. The number of nitro groups is 1. The molecule has 25 heavy (non-hydrogen) atoms. The molecule has 1 aromatic carbocycles. The van der Waals surface area contributed by atoms with Crippen molar-refractivity contribution in [1.82, 2.24) is 9.55 Å². The number of carbonyl (C=O) groups is 1. The number of anilines is 1. The molecule has 2 aromatic heterocycles. The van der Waals surface area contributed by atoms with Crippen molar-refractivity contribution < 1.29 is 9.72 Å². The van der Waals surface area contributed by atoms with Gasteiger partial charge in [-0.25, -0.2) is 4.98 Å². The Kier molecular flexibility index (Phi) is 4.57. The lowest BCUT2D eigenvalue weighted by atomic mass is 10.1. The van der Waals surface area contributed by atoms with Crippen molar-refractivity contribution in [3.63, 3.8) is 0 Å². The van der Waals surface area contributed by atoms with Gasteiger partial charge in [-0.15, -0.1) is 11.3 Å². The number of aryl methyl sites for hydroxylation is 1. The van der Waals surface area contributed by atoms with Gasteiger partial charge < -0.3 is 5.32 Å². The highest BCUT2D eigenvalue weighted by atomic mass is 32.1. The van der Waals surface area contributed by atoms with E-state index in [0.717, 1.165) is 0 Å². The van der Waals surface area contributed by atoms with Crippen LogP contribution in [0.15, 0.2) is 40.8 Å². The summed E-state index contributed by atoms with van der Waals surface area (Å²) in [6, 6.07) is 6.20. The number of hydrogen-bond donors (Lipinski definition) is 1. The first kappa shape index (κ1) is 16.8. The Morgan fingerprint density at radius 3 is 2.96 bits per heavy atom. The number of nitro benzene ring substituents is 1. The first-order valence-corrected chi connectivity index (χ1v) is 8.32. The summed E-state index contributed by atoms with van der Waals surface area (Å²) in [6.07, 6.45) is 1.48. The maximum Gasteiger partial charge on any atom is 0.274 e. The van der Waals surface area contributed by atoms with Crippen LogP contribution in [-0.2, 0) is 11.3 Å². The SMILES string of the molecule is Cc1c(NC(=O)CCn2cnc3sccc3c2=O)cccc1[N+](=O)[O-]. The van der Waals surface area contributed by atoms with E-state index >= 15 is 0 Å². The normalized spacial score (nSPS) is 10.8. The fraction of sp³-hybridized carbons (Fsp3) is 0.188. The highest BCUT2D eigenvalue weighted by Crippen LogP contribution is 2.25. The van der Waals surface area contributed by atoms with E-state index in [1.54, 1.807) is 24.4 Å². The molecule has 0 unspecified atom stereocenters. The molecule has 3 aromatic rings. The van der Waals surface area contributed by atoms with Crippen LogP contribution in [0.5, 0.6) is 0 Å². The van der Waals surface area contributed by atoms with E-state index in [0.29, 0.717) is 21.5 Å². The monoisotopic (exact) mass is 358 g/mol. The lowest BCUT2D eigenvalue weighted by Gasteiger charge is -2.09. The lowest BCUT2D eigenvalue weighted by molar-refractivity contribution is -0.385. The predicted molar refractivity (Wildman–Crippen MR) is 95.0 cm³/mol. The van der Waals surface area contributed by atoms with E-state index in [1.807, 2.05) is 0 Å². The van der Waals surface area contributed by atoms with Gasteiger partial charge in [0.25, 0.3) is 11.2 Å². The number of benzene rings is 1. The van der Waals surface area contributed by atoms with Crippen LogP contribution in [0.1, 0.15) is 12.0 Å². The van der Waals surface area contributed by atoms with Gasteiger partial charge in [0.15, 0.2) is 0 Å². The third-order valence-corrected chi connectivity index (χ3v) is 4.63. The van der Waals surface area contributed by atoms with Gasteiger partial charge in [0.05, 0.1) is 27.9 Å². The zero-order valence-corrected chi connectivity index (χ0v) is 14.1. The quantitative estimate of drug-likeness (QED) is 0.557. The molecule has 0 aliphatic carbocycles. The van der Waals surface area contributed by atoms with E-state index in [9.17, 15) is 19.7 Å². The van der Waals surface area contributed by atoms with Crippen LogP contribution in [0, 0.1) is 17.0 Å². The number of nitrogens with one attached hydrogen (secondary N) is 1. The molecule has 0 fully saturated rings. The summed E-state index contributed by atoms with van der Waals surface area (Å²) in [5.41, 5.74) is 0.532. The zero-order valence-electron chi connectivity index (χ0n) is 13.3. The minimum Gasteiger partial charge on any atom is -0.326 e. The summed E-state index contributed by atoms with van der Waals surface area (Å²) in [6.45, 7) is 1.75. The van der Waals surface area contributed by atoms with Crippen molar-refractivity contribution in [2.45, 2.75) is 19.9 Å². The molecule has 0 aliphatic heterocycles. The molecule has 0 atom stereocenters. The molecule has 0 bridgehead atoms. The molecular weight excluding hydrogens is 344 g/mol. The number of carbonyl (C=O) groups excluding carboxylic acids is 1. The average molecular weight is 358 g/mol. The first-order valence-electron chi connectivity index (χ1n) is 7.44. The van der Waals surface area contributed by atoms with Crippen LogP contribution in [0.2, 0.25) is 0 Å². The minimum absolute atomic E-state index is 0.0545. The van der Waals surface area contributed by atoms with E-state index in [-0.39, 0.29) is 30.1 Å². The minimum atomic E-state index is -0.494. The van der Waals surface area contributed by atoms with Crippen molar-refractivity contribution in [3.05, 3.63) is 62.0 Å². The summed E-state index contributed by atoms with van der Waals surface area (Å²) in [7, 11) is 0. The molecule has 1 N–H and O–H groups in total. The van der Waals surface area contributed by atoms with Crippen LogP contribution in [0.4, 0.5) is 11.4 Å². The third-order valence-electron chi connectivity index (χ3n) is 3.81. The van der Waals surface area contributed by atoms with Crippen LogP contribution >= 0.6 is 11.3 Å². The van der Waals surface area contributed by atoms with Gasteiger partial charge in [-0.05, 0) is 24.4 Å². The van der Waals surface area contributed by atoms with Crippen molar-refractivity contribution in [1.29, 1.82) is 0 Å². The fourth-order valence-electron chi connectivity index (χ4n) is 2.44. The smallest absolute Gasteiger partial charge is 0.274 e. The van der Waals surface area contributed by atoms with Crippen LogP contribution in [0.25, 0.3) is 10.2 Å². The maximum absolute atomic E-state index is 12.3. The highest BCUT2D eigenvalue weighted by molar-refractivity contribution is 7.16. The summed E-state index contributed by atoms with van der Waals surface area (Å²) in [5, 5.41) is 15.9. The van der Waals surface area contributed by atoms with Crippen molar-refractivity contribution in [2.75, 3.05) is 5.32 Å². The number of rotatable bonds is 5. The Labute approximate surface area is 145 Å². The largest absolute Gasteiger partial charge is 0.326 e. The Bertz CT molecular complexity index is 1020. The van der Waals surface area contributed by atoms with Crippen molar-refractivity contribution >= 4 is 38.8 Å². The van der Waals surface area contributed by atoms with E-state index < -0.39 is 4.92 Å². The Morgan fingerprint density at radius 2 is 2.20 bits per heavy atom. The zero-order chi connectivity index (χ0) is 18.0. The highest BCUT2D eigenvalue weighted by Gasteiger charge is 2.15. The number of amides is 1. The predicted octanol–water partition coefficient (Wildman–Crippen LogP) is 2.70. The van der Waals surface area contributed by atoms with Crippen LogP contribution in [-0.4, -0.2) is 20.4 Å². The van der Waals surface area contributed by atoms with Gasteiger partial charge in [-0.1, -0.05) is 6.07 Å².